The van der Waals surface area contributed by atoms with Gasteiger partial charge in [0.1, 0.15) is 11.4 Å². The maximum absolute atomic E-state index is 12.5. The van der Waals surface area contributed by atoms with E-state index in [2.05, 4.69) is 5.32 Å². The molecule has 10 nitrogen and oxygen atoms in total. The molecule has 0 aromatic heterocycles. The van der Waals surface area contributed by atoms with Gasteiger partial charge in [-0.1, -0.05) is 0 Å². The van der Waals surface area contributed by atoms with Crippen LogP contribution in [0.15, 0.2) is 42.5 Å². The molecular formula is C23H26N4O6S. The Morgan fingerprint density at radius 2 is 1.68 bits per heavy atom. The number of nitro groups is 1. The maximum atomic E-state index is 12.5. The molecule has 34 heavy (non-hydrogen) atoms. The molecule has 0 saturated carbocycles. The molecule has 1 saturated heterocycles. The lowest BCUT2D eigenvalue weighted by molar-refractivity contribution is -0.384. The van der Waals surface area contributed by atoms with Gasteiger partial charge in [0, 0.05) is 37.8 Å². The second-order valence-corrected chi connectivity index (χ2v) is 7.76. The molecule has 2 aromatic carbocycles. The number of benzene rings is 2. The summed E-state index contributed by atoms with van der Waals surface area (Å²) in [6.07, 6.45) is 0. The lowest BCUT2D eigenvalue weighted by atomic mass is 10.1. The molecule has 2 aromatic rings. The number of carbonyl (C=O) groups excluding carboxylic acids is 2. The molecule has 0 spiro atoms. The van der Waals surface area contributed by atoms with Crippen LogP contribution in [0.25, 0.3) is 0 Å². The summed E-state index contributed by atoms with van der Waals surface area (Å²) < 4.78 is 10.3. The highest BCUT2D eigenvalue weighted by atomic mass is 32.1. The predicted molar refractivity (Wildman–Crippen MR) is 131 cm³/mol. The molecule has 1 N–H and O–H groups in total. The Morgan fingerprint density at radius 1 is 1.03 bits per heavy atom. The average Bonchev–Trinajstić information content (AvgIpc) is 2.84. The van der Waals surface area contributed by atoms with E-state index in [4.69, 9.17) is 21.7 Å². The Labute approximate surface area is 202 Å². The fourth-order valence-corrected chi connectivity index (χ4v) is 3.82. The van der Waals surface area contributed by atoms with E-state index >= 15 is 0 Å². The highest BCUT2D eigenvalue weighted by Gasteiger charge is 2.26. The third kappa shape index (κ3) is 5.98. The first-order valence-electron chi connectivity index (χ1n) is 10.9. The van der Waals surface area contributed by atoms with Crippen molar-refractivity contribution in [3.05, 3.63) is 63.7 Å². The second-order valence-electron chi connectivity index (χ2n) is 7.37. The van der Waals surface area contributed by atoms with Crippen LogP contribution in [-0.2, 0) is 4.74 Å². The number of esters is 1. The first kappa shape index (κ1) is 24.9. The van der Waals surface area contributed by atoms with Gasteiger partial charge in [0.15, 0.2) is 5.11 Å². The average molecular weight is 487 g/mol. The van der Waals surface area contributed by atoms with Gasteiger partial charge in [-0.2, -0.15) is 0 Å². The number of ether oxygens (including phenoxy) is 2. The summed E-state index contributed by atoms with van der Waals surface area (Å²) in [6, 6.07) is 11.1. The third-order valence-electron chi connectivity index (χ3n) is 5.24. The minimum Gasteiger partial charge on any atom is -0.494 e. The van der Waals surface area contributed by atoms with Gasteiger partial charge in [-0.25, -0.2) is 4.79 Å². The number of nitrogens with one attached hydrogen (secondary N) is 1. The first-order chi connectivity index (χ1) is 16.3. The molecule has 0 unspecified atom stereocenters. The number of rotatable bonds is 7. The molecule has 1 fully saturated rings. The zero-order valence-corrected chi connectivity index (χ0v) is 19.8. The third-order valence-corrected chi connectivity index (χ3v) is 5.60. The molecule has 0 atom stereocenters. The number of amides is 1. The Balaban J connectivity index is 1.61. The number of thiocarbonyl (C=S) groups is 1. The standard InChI is InChI=1S/C23H26N4O6S/c1-3-32-18-8-5-16(6-9-18)21(28)24-23(34)26-13-11-25(12-14-26)19-10-7-17(22(29)33-4-2)15-20(19)27(30)31/h5-10,15H,3-4,11-14H2,1-2H3,(H,24,28,34). The van der Waals surface area contributed by atoms with Crippen molar-refractivity contribution >= 4 is 40.6 Å². The largest absolute Gasteiger partial charge is 0.494 e. The number of anilines is 1. The molecule has 1 heterocycles. The van der Waals surface area contributed by atoms with Crippen molar-refractivity contribution in [2.75, 3.05) is 44.3 Å². The van der Waals surface area contributed by atoms with Crippen molar-refractivity contribution in [1.29, 1.82) is 0 Å². The number of piperazine rings is 1. The molecule has 0 aliphatic carbocycles. The molecule has 0 bridgehead atoms. The summed E-state index contributed by atoms with van der Waals surface area (Å²) in [5.41, 5.74) is 0.850. The van der Waals surface area contributed by atoms with E-state index in [0.717, 1.165) is 0 Å². The zero-order chi connectivity index (χ0) is 24.7. The van der Waals surface area contributed by atoms with Crippen molar-refractivity contribution in [2.45, 2.75) is 13.8 Å². The SMILES string of the molecule is CCOC(=O)c1ccc(N2CCN(C(=S)NC(=O)c3ccc(OCC)cc3)CC2)c([N+](=O)[O-])c1. The van der Waals surface area contributed by atoms with E-state index in [1.165, 1.54) is 12.1 Å². The second kappa shape index (κ2) is 11.4. The van der Waals surface area contributed by atoms with Crippen LogP contribution in [0.3, 0.4) is 0 Å². The minimum absolute atomic E-state index is 0.133. The molecule has 1 aliphatic heterocycles. The monoisotopic (exact) mass is 486 g/mol. The summed E-state index contributed by atoms with van der Waals surface area (Å²) in [4.78, 5) is 39.3. The molecule has 1 amide bonds. The number of nitro benzene ring substituents is 1. The van der Waals surface area contributed by atoms with Gasteiger partial charge in [0.25, 0.3) is 11.6 Å². The molecule has 3 rings (SSSR count). The molecule has 180 valence electrons. The van der Waals surface area contributed by atoms with E-state index in [9.17, 15) is 19.7 Å². The Morgan fingerprint density at radius 3 is 2.26 bits per heavy atom. The van der Waals surface area contributed by atoms with E-state index in [1.54, 1.807) is 37.3 Å². The summed E-state index contributed by atoms with van der Waals surface area (Å²) in [5, 5.41) is 14.7. The molecular weight excluding hydrogens is 460 g/mol. The predicted octanol–water partition coefficient (Wildman–Crippen LogP) is 3.01. The van der Waals surface area contributed by atoms with Crippen LogP contribution >= 0.6 is 12.2 Å². The number of nitrogens with zero attached hydrogens (tertiary/aromatic N) is 3. The topological polar surface area (TPSA) is 114 Å². The van der Waals surface area contributed by atoms with Crippen LogP contribution in [0.2, 0.25) is 0 Å². The van der Waals surface area contributed by atoms with Crippen LogP contribution < -0.4 is 15.0 Å². The molecule has 11 heteroatoms. The van der Waals surface area contributed by atoms with Crippen molar-refractivity contribution in [1.82, 2.24) is 10.2 Å². The van der Waals surface area contributed by atoms with Crippen molar-refractivity contribution in [3.8, 4) is 5.75 Å². The van der Waals surface area contributed by atoms with Gasteiger partial charge in [-0.3, -0.25) is 20.2 Å². The zero-order valence-electron chi connectivity index (χ0n) is 19.0. The Bertz CT molecular complexity index is 1070. The summed E-state index contributed by atoms with van der Waals surface area (Å²) >= 11 is 5.40. The van der Waals surface area contributed by atoms with Gasteiger partial charge in [0.05, 0.1) is 23.7 Å². The summed E-state index contributed by atoms with van der Waals surface area (Å²) in [5.74, 6) is -0.238. The molecule has 0 radical (unpaired) electrons. The Kier molecular flexibility index (Phi) is 8.36. The smallest absolute Gasteiger partial charge is 0.338 e. The van der Waals surface area contributed by atoms with Gasteiger partial charge in [-0.15, -0.1) is 0 Å². The highest BCUT2D eigenvalue weighted by molar-refractivity contribution is 7.80. The fourth-order valence-electron chi connectivity index (χ4n) is 3.55. The van der Waals surface area contributed by atoms with Crippen molar-refractivity contribution in [2.24, 2.45) is 0 Å². The van der Waals surface area contributed by atoms with Crippen molar-refractivity contribution < 1.29 is 24.0 Å². The number of carbonyl (C=O) groups is 2. The van der Waals surface area contributed by atoms with Crippen LogP contribution in [0, 0.1) is 10.1 Å². The van der Waals surface area contributed by atoms with Gasteiger partial charge in [-0.05, 0) is 62.5 Å². The highest BCUT2D eigenvalue weighted by Crippen LogP contribution is 2.30. The minimum atomic E-state index is -0.601. The summed E-state index contributed by atoms with van der Waals surface area (Å²) in [7, 11) is 0. The van der Waals surface area contributed by atoms with E-state index in [1.807, 2.05) is 16.7 Å². The van der Waals surface area contributed by atoms with Crippen LogP contribution in [-0.4, -0.2) is 66.2 Å². The lowest BCUT2D eigenvalue weighted by Gasteiger charge is -2.37. The normalized spacial score (nSPS) is 13.2. The fraction of sp³-hybridized carbons (Fsp3) is 0.348. The van der Waals surface area contributed by atoms with E-state index in [0.29, 0.717) is 54.9 Å². The van der Waals surface area contributed by atoms with Crippen molar-refractivity contribution in [3.63, 3.8) is 0 Å². The number of hydrogen-bond donors (Lipinski definition) is 1. The van der Waals surface area contributed by atoms with Crippen LogP contribution in [0.5, 0.6) is 5.75 Å². The molecule has 1 aliphatic rings. The van der Waals surface area contributed by atoms with E-state index < -0.39 is 10.9 Å². The van der Waals surface area contributed by atoms with Crippen LogP contribution in [0.4, 0.5) is 11.4 Å². The quantitative estimate of drug-likeness (QED) is 0.273. The number of hydrogen-bond acceptors (Lipinski definition) is 8. The Hall–Kier alpha value is -3.73. The summed E-state index contributed by atoms with van der Waals surface area (Å²) in [6.45, 7) is 6.14. The van der Waals surface area contributed by atoms with E-state index in [-0.39, 0.29) is 23.8 Å². The van der Waals surface area contributed by atoms with Gasteiger partial charge >= 0.3 is 5.97 Å². The van der Waals surface area contributed by atoms with Crippen LogP contribution in [0.1, 0.15) is 34.6 Å². The first-order valence-corrected chi connectivity index (χ1v) is 11.3. The van der Waals surface area contributed by atoms with Gasteiger partial charge < -0.3 is 19.3 Å². The maximum Gasteiger partial charge on any atom is 0.338 e. The lowest BCUT2D eigenvalue weighted by Crippen LogP contribution is -2.52. The van der Waals surface area contributed by atoms with Gasteiger partial charge in [0.2, 0.25) is 0 Å².